The molecule has 1 aromatic heterocycles. The molecule has 6 rings (SSSR count). The highest BCUT2D eigenvalue weighted by Gasteiger charge is 2.48. The van der Waals surface area contributed by atoms with Crippen molar-refractivity contribution < 1.29 is 33.6 Å². The molecule has 210 valence electrons. The van der Waals surface area contributed by atoms with Crippen LogP contribution in [0.2, 0.25) is 0 Å². The lowest BCUT2D eigenvalue weighted by molar-refractivity contribution is -0.132. The summed E-state index contributed by atoms with van der Waals surface area (Å²) in [4.78, 5) is 33.2. The van der Waals surface area contributed by atoms with Gasteiger partial charge in [0.05, 0.1) is 35.5 Å². The number of carbonyl (C=O) groups is 2. The molecular formula is C31H28N2O7S. The Hall–Kier alpha value is -4.57. The fourth-order valence-corrected chi connectivity index (χ4v) is 5.92. The number of aliphatic hydroxyl groups excluding tert-OH is 1. The van der Waals surface area contributed by atoms with Crippen LogP contribution in [0.15, 0.2) is 66.2 Å². The maximum atomic E-state index is 13.6. The summed E-state index contributed by atoms with van der Waals surface area (Å²) in [6.07, 6.45) is 1.94. The minimum absolute atomic E-state index is 0.0387. The molecule has 0 aliphatic carbocycles. The van der Waals surface area contributed by atoms with Crippen molar-refractivity contribution in [2.75, 3.05) is 31.8 Å². The molecule has 0 radical (unpaired) electrons. The van der Waals surface area contributed by atoms with E-state index in [9.17, 15) is 14.7 Å². The minimum atomic E-state index is -0.921. The van der Waals surface area contributed by atoms with Crippen molar-refractivity contribution in [1.82, 2.24) is 4.98 Å². The summed E-state index contributed by atoms with van der Waals surface area (Å²) in [5, 5.41) is 11.9. The predicted octanol–water partition coefficient (Wildman–Crippen LogP) is 5.88. The third-order valence-electron chi connectivity index (χ3n) is 7.01. The van der Waals surface area contributed by atoms with Crippen molar-refractivity contribution in [1.29, 1.82) is 0 Å². The number of methoxy groups -OCH3 is 1. The van der Waals surface area contributed by atoms with Gasteiger partial charge in [-0.15, -0.1) is 0 Å². The SMILES string of the molecule is CCCCOc1ccc([C@@H]2/C(=C(\O)c3ccc4c(c3)OCCO4)C(=O)C(=O)N2c2nc3ccc(OC)cc3s2)cc1. The number of fused-ring (bicyclic) bond motifs is 2. The van der Waals surface area contributed by atoms with Crippen LogP contribution in [0.5, 0.6) is 23.0 Å². The Balaban J connectivity index is 1.47. The van der Waals surface area contributed by atoms with Gasteiger partial charge in [-0.05, 0) is 60.5 Å². The summed E-state index contributed by atoms with van der Waals surface area (Å²) in [5.41, 5.74) is 1.59. The zero-order valence-corrected chi connectivity index (χ0v) is 23.4. The molecule has 1 atom stereocenters. The van der Waals surface area contributed by atoms with E-state index in [1.807, 2.05) is 6.07 Å². The number of hydrogen-bond donors (Lipinski definition) is 1. The average Bonchev–Trinajstić information content (AvgIpc) is 3.54. The van der Waals surface area contributed by atoms with Gasteiger partial charge in [0.15, 0.2) is 16.6 Å². The number of unbranched alkanes of at least 4 members (excludes halogenated alkanes) is 1. The molecule has 0 spiro atoms. The Kier molecular flexibility index (Phi) is 7.23. The summed E-state index contributed by atoms with van der Waals surface area (Å²) in [6.45, 7) is 3.48. The molecule has 1 fully saturated rings. The van der Waals surface area contributed by atoms with E-state index in [0.29, 0.717) is 64.6 Å². The number of carbonyl (C=O) groups excluding carboxylic acids is 2. The van der Waals surface area contributed by atoms with Gasteiger partial charge in [0.1, 0.15) is 30.5 Å². The first-order valence-electron chi connectivity index (χ1n) is 13.4. The number of ether oxygens (including phenoxy) is 4. The number of nitrogens with zero attached hydrogens (tertiary/aromatic N) is 2. The van der Waals surface area contributed by atoms with E-state index >= 15 is 0 Å². The molecule has 1 N–H and O–H groups in total. The largest absolute Gasteiger partial charge is 0.507 e. The maximum Gasteiger partial charge on any atom is 0.301 e. The number of rotatable bonds is 8. The van der Waals surface area contributed by atoms with Gasteiger partial charge in [-0.25, -0.2) is 4.98 Å². The highest BCUT2D eigenvalue weighted by atomic mass is 32.1. The van der Waals surface area contributed by atoms with Crippen molar-refractivity contribution in [3.05, 3.63) is 77.4 Å². The fourth-order valence-electron chi connectivity index (χ4n) is 4.89. The van der Waals surface area contributed by atoms with E-state index in [-0.39, 0.29) is 11.3 Å². The Bertz CT molecular complexity index is 1660. The Labute approximate surface area is 240 Å². The lowest BCUT2D eigenvalue weighted by atomic mass is 9.95. The van der Waals surface area contributed by atoms with Crippen LogP contribution < -0.4 is 23.8 Å². The number of hydrogen-bond acceptors (Lipinski definition) is 9. The van der Waals surface area contributed by atoms with Gasteiger partial charge in [-0.2, -0.15) is 0 Å². The van der Waals surface area contributed by atoms with Gasteiger partial charge in [0, 0.05) is 5.56 Å². The van der Waals surface area contributed by atoms with Crippen LogP contribution in [0.1, 0.15) is 36.9 Å². The molecule has 0 saturated carbocycles. The smallest absolute Gasteiger partial charge is 0.301 e. The van der Waals surface area contributed by atoms with Crippen molar-refractivity contribution in [2.24, 2.45) is 0 Å². The van der Waals surface area contributed by atoms with Gasteiger partial charge < -0.3 is 24.1 Å². The molecule has 9 nitrogen and oxygen atoms in total. The molecule has 1 saturated heterocycles. The summed E-state index contributed by atoms with van der Waals surface area (Å²) >= 11 is 1.27. The van der Waals surface area contributed by atoms with E-state index in [1.54, 1.807) is 61.7 Å². The molecule has 3 heterocycles. The lowest BCUT2D eigenvalue weighted by Gasteiger charge is -2.23. The third-order valence-corrected chi connectivity index (χ3v) is 8.03. The number of amides is 1. The molecule has 3 aromatic carbocycles. The molecule has 41 heavy (non-hydrogen) atoms. The van der Waals surface area contributed by atoms with Gasteiger partial charge >= 0.3 is 5.91 Å². The predicted molar refractivity (Wildman–Crippen MR) is 155 cm³/mol. The summed E-state index contributed by atoms with van der Waals surface area (Å²) in [7, 11) is 1.58. The molecule has 10 heteroatoms. The van der Waals surface area contributed by atoms with Crippen LogP contribution in [-0.4, -0.2) is 48.7 Å². The summed E-state index contributed by atoms with van der Waals surface area (Å²) in [5.74, 6) is 0.458. The average molecular weight is 573 g/mol. The normalized spacial score (nSPS) is 17.7. The summed E-state index contributed by atoms with van der Waals surface area (Å²) < 4.78 is 23.2. The van der Waals surface area contributed by atoms with Crippen molar-refractivity contribution in [2.45, 2.75) is 25.8 Å². The van der Waals surface area contributed by atoms with Crippen molar-refractivity contribution in [3.63, 3.8) is 0 Å². The second-order valence-electron chi connectivity index (χ2n) is 9.63. The number of aromatic nitrogens is 1. The zero-order chi connectivity index (χ0) is 28.5. The first-order chi connectivity index (χ1) is 20.0. The lowest BCUT2D eigenvalue weighted by Crippen LogP contribution is -2.29. The van der Waals surface area contributed by atoms with E-state index < -0.39 is 17.7 Å². The Morgan fingerprint density at radius 3 is 2.54 bits per heavy atom. The molecule has 0 bridgehead atoms. The first-order valence-corrected chi connectivity index (χ1v) is 14.2. The zero-order valence-electron chi connectivity index (χ0n) is 22.6. The van der Waals surface area contributed by atoms with Gasteiger partial charge in [0.2, 0.25) is 0 Å². The van der Waals surface area contributed by atoms with E-state index in [4.69, 9.17) is 18.9 Å². The standard InChI is InChI=1S/C31H28N2O7S/c1-3-4-13-38-20-8-5-18(6-9-20)27-26(28(34)19-7-12-23-24(16-19)40-15-14-39-23)29(35)30(36)33(27)31-32-22-11-10-21(37-2)17-25(22)41-31/h5-12,16-17,27,34H,3-4,13-15H2,1-2H3/b28-26+/t27-/m1/s1. The van der Waals surface area contributed by atoms with E-state index in [2.05, 4.69) is 11.9 Å². The molecule has 2 aliphatic heterocycles. The number of thiazole rings is 1. The number of anilines is 1. The van der Waals surface area contributed by atoms with Crippen molar-refractivity contribution in [3.8, 4) is 23.0 Å². The van der Waals surface area contributed by atoms with Gasteiger partial charge in [0.25, 0.3) is 5.78 Å². The summed E-state index contributed by atoms with van der Waals surface area (Å²) in [6, 6.07) is 16.7. The molecular weight excluding hydrogens is 544 g/mol. The van der Waals surface area contributed by atoms with E-state index in [1.165, 1.54) is 16.2 Å². The first kappa shape index (κ1) is 26.6. The number of ketones is 1. The fraction of sp³-hybridized carbons (Fsp3) is 0.258. The van der Waals surface area contributed by atoms with Crippen LogP contribution in [0.4, 0.5) is 5.13 Å². The third kappa shape index (κ3) is 4.95. The quantitative estimate of drug-likeness (QED) is 0.121. The van der Waals surface area contributed by atoms with Crippen LogP contribution in [0, 0.1) is 0 Å². The highest BCUT2D eigenvalue weighted by Crippen LogP contribution is 2.45. The number of aliphatic hydroxyl groups is 1. The number of benzene rings is 3. The molecule has 4 aromatic rings. The van der Waals surface area contributed by atoms with Gasteiger partial charge in [-0.3, -0.25) is 14.5 Å². The molecule has 0 unspecified atom stereocenters. The maximum absolute atomic E-state index is 13.6. The van der Waals surface area contributed by atoms with Crippen LogP contribution in [0.25, 0.3) is 16.0 Å². The Morgan fingerprint density at radius 1 is 1.02 bits per heavy atom. The topological polar surface area (TPSA) is 107 Å². The van der Waals surface area contributed by atoms with Crippen molar-refractivity contribution >= 4 is 44.1 Å². The van der Waals surface area contributed by atoms with Crippen LogP contribution >= 0.6 is 11.3 Å². The van der Waals surface area contributed by atoms with E-state index in [0.717, 1.165) is 17.5 Å². The van der Waals surface area contributed by atoms with Gasteiger partial charge in [-0.1, -0.05) is 36.8 Å². The van der Waals surface area contributed by atoms with Crippen LogP contribution in [-0.2, 0) is 9.59 Å². The van der Waals surface area contributed by atoms with Crippen LogP contribution in [0.3, 0.4) is 0 Å². The number of Topliss-reactive ketones (excluding diaryl/α,β-unsaturated/α-hetero) is 1. The Morgan fingerprint density at radius 2 is 1.78 bits per heavy atom. The molecule has 2 aliphatic rings. The minimum Gasteiger partial charge on any atom is -0.507 e. The second kappa shape index (κ2) is 11.1. The molecule has 1 amide bonds. The monoisotopic (exact) mass is 572 g/mol. The second-order valence-corrected chi connectivity index (χ2v) is 10.6. The highest BCUT2D eigenvalue weighted by molar-refractivity contribution is 7.22.